The number of hydrogen-bond acceptors (Lipinski definition) is 3. The average Bonchev–Trinajstić information content (AvgIpc) is 2.58. The summed E-state index contributed by atoms with van der Waals surface area (Å²) in [6.07, 6.45) is 0. The van der Waals surface area contributed by atoms with Crippen molar-refractivity contribution in [2.75, 3.05) is 11.1 Å². The first-order chi connectivity index (χ1) is 8.90. The van der Waals surface area contributed by atoms with Gasteiger partial charge in [-0.3, -0.25) is 4.79 Å². The van der Waals surface area contributed by atoms with Crippen molar-refractivity contribution < 1.29 is 9.21 Å². The second-order valence-electron chi connectivity index (χ2n) is 4.74. The number of carbonyl (C=O) groups is 1. The highest BCUT2D eigenvalue weighted by Crippen LogP contribution is 2.24. The summed E-state index contributed by atoms with van der Waals surface area (Å²) in [5.74, 6) is 1.24. The molecule has 0 aliphatic rings. The van der Waals surface area contributed by atoms with E-state index in [-0.39, 0.29) is 5.91 Å². The molecule has 2 aromatic rings. The maximum Gasteiger partial charge on any atom is 0.259 e. The highest BCUT2D eigenvalue weighted by Gasteiger charge is 2.19. The molecule has 0 saturated carbocycles. The third-order valence-corrected chi connectivity index (χ3v) is 3.30. The summed E-state index contributed by atoms with van der Waals surface area (Å²) < 4.78 is 5.47. The molecule has 4 heteroatoms. The number of carbonyl (C=O) groups excluding carboxylic acids is 1. The van der Waals surface area contributed by atoms with Crippen molar-refractivity contribution in [3.8, 4) is 0 Å². The molecule has 0 radical (unpaired) electrons. The topological polar surface area (TPSA) is 68.3 Å². The maximum absolute atomic E-state index is 12.3. The predicted octanol–water partition coefficient (Wildman–Crippen LogP) is 3.35. The van der Waals surface area contributed by atoms with Crippen molar-refractivity contribution in [2.45, 2.75) is 27.7 Å². The van der Waals surface area contributed by atoms with E-state index in [9.17, 15) is 4.79 Å². The Balaban J connectivity index is 2.33. The van der Waals surface area contributed by atoms with E-state index in [0.717, 1.165) is 22.6 Å². The Bertz CT molecular complexity index is 642. The quantitative estimate of drug-likeness (QED) is 0.812. The molecule has 2 rings (SSSR count). The van der Waals surface area contributed by atoms with E-state index < -0.39 is 0 Å². The minimum atomic E-state index is -0.166. The smallest absolute Gasteiger partial charge is 0.259 e. The number of aryl methyl sites for hydroxylation is 3. The van der Waals surface area contributed by atoms with Gasteiger partial charge in [-0.25, -0.2) is 0 Å². The highest BCUT2D eigenvalue weighted by atomic mass is 16.3. The zero-order valence-corrected chi connectivity index (χ0v) is 11.6. The molecule has 0 atom stereocenters. The predicted molar refractivity (Wildman–Crippen MR) is 76.5 cm³/mol. The summed E-state index contributed by atoms with van der Waals surface area (Å²) >= 11 is 0. The van der Waals surface area contributed by atoms with Crippen LogP contribution in [0.15, 0.2) is 22.6 Å². The molecule has 0 saturated heterocycles. The lowest BCUT2D eigenvalue weighted by atomic mass is 10.1. The van der Waals surface area contributed by atoms with Crippen LogP contribution in [-0.2, 0) is 0 Å². The molecule has 19 heavy (non-hydrogen) atoms. The van der Waals surface area contributed by atoms with E-state index in [1.807, 2.05) is 32.9 Å². The molecule has 1 aromatic carbocycles. The third-order valence-electron chi connectivity index (χ3n) is 3.30. The first-order valence-corrected chi connectivity index (χ1v) is 6.14. The lowest BCUT2D eigenvalue weighted by molar-refractivity contribution is 0.102. The molecular formula is C15H18N2O2. The van der Waals surface area contributed by atoms with Gasteiger partial charge in [-0.15, -0.1) is 0 Å². The fraction of sp³-hybridized carbons (Fsp3) is 0.267. The number of nitrogen functional groups attached to an aromatic ring is 1. The molecule has 4 nitrogen and oxygen atoms in total. The monoisotopic (exact) mass is 258 g/mol. The molecule has 0 unspecified atom stereocenters. The molecule has 0 fully saturated rings. The van der Waals surface area contributed by atoms with Crippen LogP contribution in [0.4, 0.5) is 11.4 Å². The van der Waals surface area contributed by atoms with E-state index in [1.54, 1.807) is 13.0 Å². The van der Waals surface area contributed by atoms with Crippen LogP contribution >= 0.6 is 0 Å². The van der Waals surface area contributed by atoms with Crippen LogP contribution in [0.1, 0.15) is 33.0 Å². The van der Waals surface area contributed by atoms with Crippen LogP contribution in [0.2, 0.25) is 0 Å². The van der Waals surface area contributed by atoms with Crippen LogP contribution in [0.3, 0.4) is 0 Å². The summed E-state index contributed by atoms with van der Waals surface area (Å²) in [6.45, 7) is 7.45. The molecule has 1 aromatic heterocycles. The van der Waals surface area contributed by atoms with Crippen molar-refractivity contribution >= 4 is 17.3 Å². The Labute approximate surface area is 112 Å². The summed E-state index contributed by atoms with van der Waals surface area (Å²) in [5, 5.41) is 2.88. The highest BCUT2D eigenvalue weighted by molar-refractivity contribution is 6.06. The minimum Gasteiger partial charge on any atom is -0.466 e. The number of hydrogen-bond donors (Lipinski definition) is 2. The van der Waals surface area contributed by atoms with E-state index in [0.29, 0.717) is 17.0 Å². The van der Waals surface area contributed by atoms with Gasteiger partial charge in [0.2, 0.25) is 0 Å². The van der Waals surface area contributed by atoms with E-state index in [1.165, 1.54) is 0 Å². The summed E-state index contributed by atoms with van der Waals surface area (Å²) in [5.41, 5.74) is 9.52. The molecule has 1 heterocycles. The summed E-state index contributed by atoms with van der Waals surface area (Å²) in [4.78, 5) is 12.3. The van der Waals surface area contributed by atoms with Gasteiger partial charge < -0.3 is 15.5 Å². The Morgan fingerprint density at radius 1 is 1.16 bits per heavy atom. The number of nitrogens with two attached hydrogens (primary N) is 1. The molecule has 3 N–H and O–H groups in total. The number of anilines is 2. The Hall–Kier alpha value is -2.23. The fourth-order valence-electron chi connectivity index (χ4n) is 2.09. The first kappa shape index (κ1) is 13.2. The number of amides is 1. The van der Waals surface area contributed by atoms with Crippen molar-refractivity contribution in [3.63, 3.8) is 0 Å². The van der Waals surface area contributed by atoms with Crippen molar-refractivity contribution in [1.82, 2.24) is 0 Å². The summed E-state index contributed by atoms with van der Waals surface area (Å²) in [7, 11) is 0. The van der Waals surface area contributed by atoms with Crippen LogP contribution in [0.25, 0.3) is 0 Å². The molecule has 0 aliphatic heterocycles. The first-order valence-electron chi connectivity index (χ1n) is 6.14. The summed E-state index contributed by atoms with van der Waals surface area (Å²) in [6, 6.07) is 5.44. The number of benzene rings is 1. The van der Waals surface area contributed by atoms with Gasteiger partial charge in [0.05, 0.1) is 5.56 Å². The van der Waals surface area contributed by atoms with Crippen LogP contribution < -0.4 is 11.1 Å². The van der Waals surface area contributed by atoms with Crippen molar-refractivity contribution in [2.24, 2.45) is 0 Å². The van der Waals surface area contributed by atoms with Crippen molar-refractivity contribution in [3.05, 3.63) is 46.4 Å². The lowest BCUT2D eigenvalue weighted by Gasteiger charge is -2.09. The van der Waals surface area contributed by atoms with Gasteiger partial charge in [-0.1, -0.05) is 6.07 Å². The molecule has 0 bridgehead atoms. The van der Waals surface area contributed by atoms with Gasteiger partial charge in [-0.2, -0.15) is 0 Å². The normalized spacial score (nSPS) is 10.5. The molecule has 100 valence electrons. The number of nitrogens with one attached hydrogen (secondary N) is 1. The van der Waals surface area contributed by atoms with Gasteiger partial charge in [0.25, 0.3) is 5.91 Å². The average molecular weight is 258 g/mol. The maximum atomic E-state index is 12.3. The minimum absolute atomic E-state index is 0.166. The van der Waals surface area contributed by atoms with Gasteiger partial charge in [-0.05, 0) is 45.4 Å². The van der Waals surface area contributed by atoms with Gasteiger partial charge in [0.1, 0.15) is 11.5 Å². The SMILES string of the molecule is Cc1ccc(N)cc1NC(=O)c1c(C)oc(C)c1C. The fourth-order valence-corrected chi connectivity index (χ4v) is 2.09. The van der Waals surface area contributed by atoms with Crippen LogP contribution in [0.5, 0.6) is 0 Å². The van der Waals surface area contributed by atoms with Gasteiger partial charge in [0.15, 0.2) is 0 Å². The Morgan fingerprint density at radius 3 is 2.42 bits per heavy atom. The molecular weight excluding hydrogens is 240 g/mol. The second-order valence-corrected chi connectivity index (χ2v) is 4.74. The third kappa shape index (κ3) is 2.47. The van der Waals surface area contributed by atoms with E-state index in [4.69, 9.17) is 10.2 Å². The largest absolute Gasteiger partial charge is 0.466 e. The standard InChI is InChI=1S/C15H18N2O2/c1-8-5-6-12(16)7-13(8)17-15(18)14-9(2)10(3)19-11(14)4/h5-7H,16H2,1-4H3,(H,17,18). The lowest BCUT2D eigenvalue weighted by Crippen LogP contribution is -2.14. The Morgan fingerprint density at radius 2 is 1.84 bits per heavy atom. The second kappa shape index (κ2) is 4.80. The number of furan rings is 1. The van der Waals surface area contributed by atoms with E-state index >= 15 is 0 Å². The van der Waals surface area contributed by atoms with Gasteiger partial charge >= 0.3 is 0 Å². The Kier molecular flexibility index (Phi) is 3.34. The van der Waals surface area contributed by atoms with Crippen LogP contribution in [0, 0.1) is 27.7 Å². The molecule has 1 amide bonds. The molecule has 0 spiro atoms. The molecule has 0 aliphatic carbocycles. The van der Waals surface area contributed by atoms with Gasteiger partial charge in [0, 0.05) is 16.9 Å². The van der Waals surface area contributed by atoms with Crippen LogP contribution in [-0.4, -0.2) is 5.91 Å². The van der Waals surface area contributed by atoms with E-state index in [2.05, 4.69) is 5.32 Å². The zero-order valence-electron chi connectivity index (χ0n) is 11.6. The number of rotatable bonds is 2. The zero-order chi connectivity index (χ0) is 14.2. The van der Waals surface area contributed by atoms with Crippen molar-refractivity contribution in [1.29, 1.82) is 0 Å².